The molecule has 0 spiro atoms. The number of hydrogen-bond acceptors (Lipinski definition) is 4. The molecule has 0 aliphatic carbocycles. The number of carbonyl (C=O) groups excluding carboxylic acids is 1. The van der Waals surface area contributed by atoms with Crippen molar-refractivity contribution in [1.29, 1.82) is 0 Å². The van der Waals surface area contributed by atoms with Crippen molar-refractivity contribution in [2.24, 2.45) is 5.73 Å². The Bertz CT molecular complexity index is 159. The molecular weight excluding hydrogens is 160 g/mol. The van der Waals surface area contributed by atoms with Gasteiger partial charge in [0.2, 0.25) is 5.91 Å². The van der Waals surface area contributed by atoms with Crippen LogP contribution in [0.4, 0.5) is 0 Å². The molecular formula is C7H16N2O3. The predicted molar refractivity (Wildman–Crippen MR) is 44.5 cm³/mol. The topological polar surface area (TPSA) is 73.6 Å². The summed E-state index contributed by atoms with van der Waals surface area (Å²) in [6.45, 7) is 1.62. The van der Waals surface area contributed by atoms with E-state index < -0.39 is 17.7 Å². The molecule has 0 bridgehead atoms. The van der Waals surface area contributed by atoms with Gasteiger partial charge in [-0.1, -0.05) is 0 Å². The Hall–Kier alpha value is -0.650. The fraction of sp³-hybridized carbons (Fsp3) is 0.857. The average molecular weight is 176 g/mol. The minimum atomic E-state index is -0.997. The summed E-state index contributed by atoms with van der Waals surface area (Å²) in [6.07, 6.45) is -0.681. The van der Waals surface area contributed by atoms with Gasteiger partial charge in [0.1, 0.15) is 5.54 Å². The molecule has 0 saturated heterocycles. The maximum Gasteiger partial charge on any atom is 0.242 e. The minimum absolute atomic E-state index is 0.515. The molecule has 72 valence electrons. The number of likely N-dealkylation sites (N-methyl/N-ethyl adjacent to an activating group) is 1. The molecule has 0 aliphatic heterocycles. The minimum Gasteiger partial charge on any atom is -0.368 e. The van der Waals surface area contributed by atoms with E-state index in [-0.39, 0.29) is 0 Å². The third-order valence-electron chi connectivity index (χ3n) is 1.93. The molecule has 0 saturated carbocycles. The smallest absolute Gasteiger partial charge is 0.242 e. The molecule has 12 heavy (non-hydrogen) atoms. The second-order valence-electron chi connectivity index (χ2n) is 2.62. The van der Waals surface area contributed by atoms with Gasteiger partial charge in [0.05, 0.1) is 0 Å². The molecule has 5 nitrogen and oxygen atoms in total. The largest absolute Gasteiger partial charge is 0.368 e. The first-order valence-corrected chi connectivity index (χ1v) is 3.57. The van der Waals surface area contributed by atoms with Crippen LogP contribution in [0.1, 0.15) is 6.92 Å². The molecule has 0 aliphatic rings. The molecule has 0 aromatic carbocycles. The highest BCUT2D eigenvalue weighted by Gasteiger charge is 2.39. The number of carbonyl (C=O) groups is 1. The van der Waals surface area contributed by atoms with Gasteiger partial charge in [0, 0.05) is 14.2 Å². The van der Waals surface area contributed by atoms with Crippen LogP contribution in [0.5, 0.6) is 0 Å². The van der Waals surface area contributed by atoms with E-state index >= 15 is 0 Å². The van der Waals surface area contributed by atoms with Crippen LogP contribution in [0.25, 0.3) is 0 Å². The SMILES string of the molecule is CNC(C)(C(N)=O)C(OC)OC. The van der Waals surface area contributed by atoms with Crippen LogP contribution < -0.4 is 11.1 Å². The number of nitrogens with two attached hydrogens (primary N) is 1. The van der Waals surface area contributed by atoms with Gasteiger partial charge < -0.3 is 20.5 Å². The second-order valence-corrected chi connectivity index (χ2v) is 2.62. The lowest BCUT2D eigenvalue weighted by molar-refractivity contribution is -0.164. The Morgan fingerprint density at radius 1 is 1.50 bits per heavy atom. The summed E-state index contributed by atoms with van der Waals surface area (Å²) in [6, 6.07) is 0. The first-order valence-electron chi connectivity index (χ1n) is 3.57. The lowest BCUT2D eigenvalue weighted by Crippen LogP contribution is -2.60. The van der Waals surface area contributed by atoms with E-state index in [0.29, 0.717) is 0 Å². The highest BCUT2D eigenvalue weighted by Crippen LogP contribution is 2.12. The fourth-order valence-electron chi connectivity index (χ4n) is 0.925. The van der Waals surface area contributed by atoms with E-state index in [1.54, 1.807) is 14.0 Å². The summed E-state index contributed by atoms with van der Waals surface area (Å²) >= 11 is 0. The lowest BCUT2D eigenvalue weighted by Gasteiger charge is -2.31. The number of nitrogens with one attached hydrogen (secondary N) is 1. The van der Waals surface area contributed by atoms with Crippen LogP contribution in [-0.4, -0.2) is 39.0 Å². The van der Waals surface area contributed by atoms with Gasteiger partial charge in [-0.25, -0.2) is 0 Å². The van der Waals surface area contributed by atoms with Crippen LogP contribution in [0.3, 0.4) is 0 Å². The van der Waals surface area contributed by atoms with Crippen molar-refractivity contribution >= 4 is 5.91 Å². The lowest BCUT2D eigenvalue weighted by atomic mass is 10.0. The molecule has 0 radical (unpaired) electrons. The van der Waals surface area contributed by atoms with Gasteiger partial charge in [0.15, 0.2) is 6.29 Å². The van der Waals surface area contributed by atoms with Crippen molar-refractivity contribution in [1.82, 2.24) is 5.32 Å². The third-order valence-corrected chi connectivity index (χ3v) is 1.93. The van der Waals surface area contributed by atoms with Crippen molar-refractivity contribution in [3.05, 3.63) is 0 Å². The van der Waals surface area contributed by atoms with Crippen LogP contribution >= 0.6 is 0 Å². The normalized spacial score (nSPS) is 16.1. The average Bonchev–Trinajstić information content (AvgIpc) is 2.05. The summed E-state index contributed by atoms with van der Waals surface area (Å²) in [5.74, 6) is -0.515. The molecule has 0 fully saturated rings. The predicted octanol–water partition coefficient (Wildman–Crippen LogP) is -0.931. The Kier molecular flexibility index (Phi) is 4.16. The molecule has 0 rings (SSSR count). The number of ether oxygens (including phenoxy) is 2. The molecule has 5 heteroatoms. The van der Waals surface area contributed by atoms with E-state index in [0.717, 1.165) is 0 Å². The summed E-state index contributed by atoms with van der Waals surface area (Å²) in [4.78, 5) is 11.0. The standard InChI is InChI=1S/C7H16N2O3/c1-7(9-2,5(8)10)6(11-3)12-4/h6,9H,1-4H3,(H2,8,10). The Labute approximate surface area is 72.2 Å². The highest BCUT2D eigenvalue weighted by molar-refractivity contribution is 5.84. The molecule has 0 aromatic heterocycles. The van der Waals surface area contributed by atoms with Crippen LogP contribution in [0.15, 0.2) is 0 Å². The van der Waals surface area contributed by atoms with Gasteiger partial charge in [-0.2, -0.15) is 0 Å². The van der Waals surface area contributed by atoms with Crippen LogP contribution in [-0.2, 0) is 14.3 Å². The maximum absolute atomic E-state index is 11.0. The summed E-state index contributed by atoms with van der Waals surface area (Å²) in [5, 5.41) is 2.76. The van der Waals surface area contributed by atoms with Gasteiger partial charge in [0.25, 0.3) is 0 Å². The van der Waals surface area contributed by atoms with Crippen LogP contribution in [0, 0.1) is 0 Å². The molecule has 0 heterocycles. The van der Waals surface area contributed by atoms with Crippen molar-refractivity contribution in [3.63, 3.8) is 0 Å². The molecule has 1 atom stereocenters. The third kappa shape index (κ3) is 1.94. The Balaban J connectivity index is 4.58. The van der Waals surface area contributed by atoms with Crippen molar-refractivity contribution in [2.45, 2.75) is 18.8 Å². The van der Waals surface area contributed by atoms with Gasteiger partial charge in [-0.15, -0.1) is 0 Å². The van der Waals surface area contributed by atoms with Gasteiger partial charge >= 0.3 is 0 Å². The highest BCUT2D eigenvalue weighted by atomic mass is 16.7. The molecule has 3 N–H and O–H groups in total. The zero-order chi connectivity index (χ0) is 9.78. The zero-order valence-corrected chi connectivity index (χ0v) is 7.88. The monoisotopic (exact) mass is 176 g/mol. The van der Waals surface area contributed by atoms with E-state index in [9.17, 15) is 4.79 Å². The van der Waals surface area contributed by atoms with E-state index in [2.05, 4.69) is 5.32 Å². The Morgan fingerprint density at radius 2 is 1.92 bits per heavy atom. The second kappa shape index (κ2) is 4.39. The van der Waals surface area contributed by atoms with Crippen molar-refractivity contribution in [2.75, 3.05) is 21.3 Å². The summed E-state index contributed by atoms with van der Waals surface area (Å²) in [7, 11) is 4.52. The number of methoxy groups -OCH3 is 2. The van der Waals surface area contributed by atoms with E-state index in [1.165, 1.54) is 14.2 Å². The number of amides is 1. The fourth-order valence-corrected chi connectivity index (χ4v) is 0.925. The molecule has 0 aromatic rings. The Morgan fingerprint density at radius 3 is 2.00 bits per heavy atom. The van der Waals surface area contributed by atoms with E-state index in [1.807, 2.05) is 0 Å². The van der Waals surface area contributed by atoms with Crippen LogP contribution in [0.2, 0.25) is 0 Å². The first kappa shape index (κ1) is 11.4. The number of hydrogen-bond donors (Lipinski definition) is 2. The first-order chi connectivity index (χ1) is 5.52. The summed E-state index contributed by atoms with van der Waals surface area (Å²) in [5.41, 5.74) is 4.18. The van der Waals surface area contributed by atoms with Gasteiger partial charge in [-0.3, -0.25) is 4.79 Å². The number of primary amides is 1. The summed E-state index contributed by atoms with van der Waals surface area (Å²) < 4.78 is 9.86. The molecule has 1 unspecified atom stereocenters. The number of rotatable bonds is 5. The molecule has 1 amide bonds. The van der Waals surface area contributed by atoms with Gasteiger partial charge in [-0.05, 0) is 14.0 Å². The van der Waals surface area contributed by atoms with Crippen molar-refractivity contribution < 1.29 is 14.3 Å². The maximum atomic E-state index is 11.0. The quantitative estimate of drug-likeness (QED) is 0.531. The zero-order valence-electron chi connectivity index (χ0n) is 7.88. The van der Waals surface area contributed by atoms with Crippen molar-refractivity contribution in [3.8, 4) is 0 Å². The van der Waals surface area contributed by atoms with E-state index in [4.69, 9.17) is 15.2 Å².